The number of ether oxygens (including phenoxy) is 2. The zero-order chi connectivity index (χ0) is 8.10. The largest absolute Gasteiger partial charge is 0.396 e. The van der Waals surface area contributed by atoms with Crippen LogP contribution in [0.2, 0.25) is 0 Å². The van der Waals surface area contributed by atoms with Gasteiger partial charge in [-0.05, 0) is 12.8 Å². The molecule has 0 aliphatic carbocycles. The van der Waals surface area contributed by atoms with Gasteiger partial charge in [0.1, 0.15) is 0 Å². The maximum absolute atomic E-state index is 8.61. The van der Waals surface area contributed by atoms with Crippen LogP contribution in [0.5, 0.6) is 0 Å². The summed E-state index contributed by atoms with van der Waals surface area (Å²) in [7, 11) is 0. The molecule has 0 aromatic heterocycles. The zero-order valence-electron chi connectivity index (χ0n) is 6.95. The second kappa shape index (κ2) is 4.70. The predicted octanol–water partition coefficient (Wildman–Crippen LogP) is 0.910. The molecule has 2 unspecified atom stereocenters. The van der Waals surface area contributed by atoms with E-state index in [2.05, 4.69) is 6.92 Å². The Morgan fingerprint density at radius 2 is 2.27 bits per heavy atom. The fraction of sp³-hybridized carbons (Fsp3) is 1.00. The Labute approximate surface area is 67.3 Å². The molecule has 1 N–H and O–H groups in total. The molecule has 0 saturated carbocycles. The van der Waals surface area contributed by atoms with Crippen molar-refractivity contribution in [3.05, 3.63) is 0 Å². The van der Waals surface area contributed by atoms with Crippen molar-refractivity contribution in [1.29, 1.82) is 0 Å². The van der Waals surface area contributed by atoms with Crippen LogP contribution in [0.15, 0.2) is 0 Å². The average molecular weight is 160 g/mol. The first-order valence-corrected chi connectivity index (χ1v) is 4.24. The lowest BCUT2D eigenvalue weighted by Gasteiger charge is -2.08. The Balaban J connectivity index is 2.12. The van der Waals surface area contributed by atoms with Gasteiger partial charge in [-0.15, -0.1) is 0 Å². The Bertz CT molecular complexity index is 93.5. The minimum absolute atomic E-state index is 0.0171. The van der Waals surface area contributed by atoms with Crippen LogP contribution in [0.4, 0.5) is 0 Å². The quantitative estimate of drug-likeness (QED) is 0.664. The Morgan fingerprint density at radius 1 is 1.45 bits per heavy atom. The first-order chi connectivity index (χ1) is 5.36. The van der Waals surface area contributed by atoms with Gasteiger partial charge in [-0.3, -0.25) is 0 Å². The summed E-state index contributed by atoms with van der Waals surface area (Å²) in [6, 6.07) is 0. The average Bonchev–Trinajstić information content (AvgIpc) is 2.38. The molecule has 2 atom stereocenters. The molecule has 0 radical (unpaired) electrons. The molecule has 3 nitrogen and oxygen atoms in total. The molecule has 1 fully saturated rings. The minimum Gasteiger partial charge on any atom is -0.396 e. The SMILES string of the molecule is CCCC1OCC(CCO)O1. The first-order valence-electron chi connectivity index (χ1n) is 4.24. The van der Waals surface area contributed by atoms with E-state index >= 15 is 0 Å². The van der Waals surface area contributed by atoms with E-state index in [1.165, 1.54) is 0 Å². The standard InChI is InChI=1S/C8H16O3/c1-2-3-8-10-6-7(11-8)4-5-9/h7-9H,2-6H2,1H3. The highest BCUT2D eigenvalue weighted by Crippen LogP contribution is 2.17. The molecule has 0 amide bonds. The number of hydrogen-bond acceptors (Lipinski definition) is 3. The summed E-state index contributed by atoms with van der Waals surface area (Å²) in [6.07, 6.45) is 2.84. The molecule has 0 spiro atoms. The predicted molar refractivity (Wildman–Crippen MR) is 41.2 cm³/mol. The number of aliphatic hydroxyl groups is 1. The summed E-state index contributed by atoms with van der Waals surface area (Å²) in [5.74, 6) is 0. The normalized spacial score (nSPS) is 31.1. The van der Waals surface area contributed by atoms with Gasteiger partial charge in [0.05, 0.1) is 12.7 Å². The van der Waals surface area contributed by atoms with E-state index in [1.54, 1.807) is 0 Å². The van der Waals surface area contributed by atoms with Crippen molar-refractivity contribution in [3.8, 4) is 0 Å². The molecular formula is C8H16O3. The summed E-state index contributed by atoms with van der Waals surface area (Å²) in [5, 5.41) is 8.61. The maximum atomic E-state index is 8.61. The summed E-state index contributed by atoms with van der Waals surface area (Å²) in [5.41, 5.74) is 0. The van der Waals surface area contributed by atoms with Gasteiger partial charge in [0, 0.05) is 6.61 Å². The van der Waals surface area contributed by atoms with E-state index in [4.69, 9.17) is 14.6 Å². The van der Waals surface area contributed by atoms with Crippen molar-refractivity contribution in [1.82, 2.24) is 0 Å². The summed E-state index contributed by atoms with van der Waals surface area (Å²) < 4.78 is 10.8. The molecule has 0 bridgehead atoms. The van der Waals surface area contributed by atoms with Gasteiger partial charge in [-0.2, -0.15) is 0 Å². The van der Waals surface area contributed by atoms with Crippen molar-refractivity contribution in [3.63, 3.8) is 0 Å². The van der Waals surface area contributed by atoms with Crippen LogP contribution >= 0.6 is 0 Å². The van der Waals surface area contributed by atoms with E-state index < -0.39 is 0 Å². The summed E-state index contributed by atoms with van der Waals surface area (Å²) in [4.78, 5) is 0. The first kappa shape index (κ1) is 8.97. The van der Waals surface area contributed by atoms with Crippen molar-refractivity contribution < 1.29 is 14.6 Å². The van der Waals surface area contributed by atoms with Crippen LogP contribution in [-0.4, -0.2) is 30.7 Å². The second-order valence-electron chi connectivity index (χ2n) is 2.82. The molecule has 1 saturated heterocycles. The number of hydrogen-bond donors (Lipinski definition) is 1. The highest BCUT2D eigenvalue weighted by molar-refractivity contribution is 4.64. The maximum Gasteiger partial charge on any atom is 0.158 e. The Hall–Kier alpha value is -0.120. The van der Waals surface area contributed by atoms with Crippen LogP contribution in [0, 0.1) is 0 Å². The molecule has 3 heteroatoms. The molecule has 66 valence electrons. The van der Waals surface area contributed by atoms with Crippen LogP contribution < -0.4 is 0 Å². The zero-order valence-corrected chi connectivity index (χ0v) is 6.95. The molecular weight excluding hydrogens is 144 g/mol. The van der Waals surface area contributed by atoms with Gasteiger partial charge in [0.15, 0.2) is 6.29 Å². The van der Waals surface area contributed by atoms with Gasteiger partial charge < -0.3 is 14.6 Å². The molecule has 11 heavy (non-hydrogen) atoms. The highest BCUT2D eigenvalue weighted by Gasteiger charge is 2.24. The van der Waals surface area contributed by atoms with Crippen molar-refractivity contribution in [2.24, 2.45) is 0 Å². The summed E-state index contributed by atoms with van der Waals surface area (Å²) >= 11 is 0. The van der Waals surface area contributed by atoms with Crippen LogP contribution in [0.1, 0.15) is 26.2 Å². The third kappa shape index (κ3) is 2.77. The van der Waals surface area contributed by atoms with Crippen LogP contribution in [0.3, 0.4) is 0 Å². The minimum atomic E-state index is -0.0171. The van der Waals surface area contributed by atoms with Gasteiger partial charge in [0.25, 0.3) is 0 Å². The van der Waals surface area contributed by atoms with E-state index in [-0.39, 0.29) is 19.0 Å². The highest BCUT2D eigenvalue weighted by atomic mass is 16.7. The third-order valence-electron chi connectivity index (χ3n) is 1.79. The van der Waals surface area contributed by atoms with Gasteiger partial charge in [0.2, 0.25) is 0 Å². The summed E-state index contributed by atoms with van der Waals surface area (Å²) in [6.45, 7) is 2.93. The van der Waals surface area contributed by atoms with Gasteiger partial charge in [-0.1, -0.05) is 13.3 Å². The van der Waals surface area contributed by atoms with Gasteiger partial charge in [-0.25, -0.2) is 0 Å². The monoisotopic (exact) mass is 160 g/mol. The lowest BCUT2D eigenvalue weighted by molar-refractivity contribution is -0.0645. The lowest BCUT2D eigenvalue weighted by Crippen LogP contribution is -2.13. The number of rotatable bonds is 4. The third-order valence-corrected chi connectivity index (χ3v) is 1.79. The molecule has 0 aromatic rings. The topological polar surface area (TPSA) is 38.7 Å². The van der Waals surface area contributed by atoms with E-state index in [9.17, 15) is 0 Å². The molecule has 1 rings (SSSR count). The van der Waals surface area contributed by atoms with E-state index in [0.29, 0.717) is 13.0 Å². The lowest BCUT2D eigenvalue weighted by atomic mass is 10.3. The second-order valence-corrected chi connectivity index (χ2v) is 2.82. The van der Waals surface area contributed by atoms with E-state index in [0.717, 1.165) is 12.8 Å². The van der Waals surface area contributed by atoms with E-state index in [1.807, 2.05) is 0 Å². The molecule has 0 aromatic carbocycles. The number of aliphatic hydroxyl groups excluding tert-OH is 1. The molecule has 1 aliphatic heterocycles. The molecule has 1 heterocycles. The Morgan fingerprint density at radius 3 is 2.91 bits per heavy atom. The van der Waals surface area contributed by atoms with Crippen molar-refractivity contribution in [2.45, 2.75) is 38.6 Å². The fourth-order valence-corrected chi connectivity index (χ4v) is 1.19. The van der Waals surface area contributed by atoms with Crippen LogP contribution in [-0.2, 0) is 9.47 Å². The smallest absolute Gasteiger partial charge is 0.158 e. The molecule has 1 aliphatic rings. The Kier molecular flexibility index (Phi) is 3.83. The fourth-order valence-electron chi connectivity index (χ4n) is 1.19. The van der Waals surface area contributed by atoms with Gasteiger partial charge >= 0.3 is 0 Å². The van der Waals surface area contributed by atoms with Crippen molar-refractivity contribution >= 4 is 0 Å². The van der Waals surface area contributed by atoms with Crippen molar-refractivity contribution in [2.75, 3.05) is 13.2 Å². The van der Waals surface area contributed by atoms with Crippen LogP contribution in [0.25, 0.3) is 0 Å².